The van der Waals surface area contributed by atoms with Crippen molar-refractivity contribution < 1.29 is 22.7 Å². The molecule has 0 aliphatic carbocycles. The van der Waals surface area contributed by atoms with Crippen LogP contribution in [-0.4, -0.2) is 39.5 Å². The number of carbonyl (C=O) groups is 2. The number of hydrogen-bond acceptors (Lipinski definition) is 5. The van der Waals surface area contributed by atoms with E-state index in [0.29, 0.717) is 6.54 Å². The fraction of sp³-hybridized carbons (Fsp3) is 0.467. The molecule has 0 spiro atoms. The summed E-state index contributed by atoms with van der Waals surface area (Å²) in [5, 5.41) is 2.55. The number of halogens is 2. The van der Waals surface area contributed by atoms with Crippen LogP contribution in [0.25, 0.3) is 0 Å². The number of rotatable bonds is 9. The lowest BCUT2D eigenvalue weighted by Crippen LogP contribution is -2.36. The van der Waals surface area contributed by atoms with Crippen LogP contribution in [-0.2, 0) is 24.3 Å². The van der Waals surface area contributed by atoms with Gasteiger partial charge in [0.05, 0.1) is 16.5 Å². The molecule has 1 aromatic rings. The fourth-order valence-corrected chi connectivity index (χ4v) is 3.97. The van der Waals surface area contributed by atoms with E-state index < -0.39 is 28.0 Å². The SMILES string of the molecule is CCCNC(=O)C(C)OC(=O)CCNS(=O)(=O)c1c(Cl)cccc1Cl. The molecule has 1 aromatic carbocycles. The highest BCUT2D eigenvalue weighted by Gasteiger charge is 2.22. The number of carbonyl (C=O) groups excluding carboxylic acids is 2. The van der Waals surface area contributed by atoms with E-state index in [4.69, 9.17) is 27.9 Å². The molecule has 0 aliphatic rings. The zero-order valence-corrected chi connectivity index (χ0v) is 16.2. The molecule has 10 heteroatoms. The predicted molar refractivity (Wildman–Crippen MR) is 95.1 cm³/mol. The molecular weight excluding hydrogens is 391 g/mol. The van der Waals surface area contributed by atoms with Gasteiger partial charge in [0.2, 0.25) is 10.0 Å². The molecule has 7 nitrogen and oxygen atoms in total. The highest BCUT2D eigenvalue weighted by atomic mass is 35.5. The third-order valence-electron chi connectivity index (χ3n) is 3.04. The highest BCUT2D eigenvalue weighted by molar-refractivity contribution is 7.89. The standard InChI is InChI=1S/C15H20Cl2N2O5S/c1-3-8-18-15(21)10(2)24-13(20)7-9-19-25(22,23)14-11(16)5-4-6-12(14)17/h4-6,10,19H,3,7-9H2,1-2H3,(H,18,21). The molecule has 0 aromatic heterocycles. The summed E-state index contributed by atoms with van der Waals surface area (Å²) in [4.78, 5) is 23.0. The Hall–Kier alpha value is -1.35. The number of ether oxygens (including phenoxy) is 1. The topological polar surface area (TPSA) is 102 Å². The average Bonchev–Trinajstić information content (AvgIpc) is 2.51. The summed E-state index contributed by atoms with van der Waals surface area (Å²) in [7, 11) is -3.98. The maximum atomic E-state index is 12.2. The van der Waals surface area contributed by atoms with E-state index in [1.54, 1.807) is 0 Å². The molecule has 25 heavy (non-hydrogen) atoms. The van der Waals surface area contributed by atoms with Crippen molar-refractivity contribution in [1.29, 1.82) is 0 Å². The lowest BCUT2D eigenvalue weighted by Gasteiger charge is -2.13. The molecule has 0 saturated carbocycles. The third kappa shape index (κ3) is 6.81. The van der Waals surface area contributed by atoms with E-state index in [1.165, 1.54) is 25.1 Å². The van der Waals surface area contributed by atoms with Crippen molar-refractivity contribution in [2.75, 3.05) is 13.1 Å². The molecular formula is C15H20Cl2N2O5S. The third-order valence-corrected chi connectivity index (χ3v) is 5.45. The van der Waals surface area contributed by atoms with Gasteiger partial charge in [0, 0.05) is 13.1 Å². The van der Waals surface area contributed by atoms with Crippen molar-refractivity contribution in [2.45, 2.75) is 37.7 Å². The number of esters is 1. The Morgan fingerprint density at radius 2 is 1.80 bits per heavy atom. The van der Waals surface area contributed by atoms with E-state index in [-0.39, 0.29) is 27.9 Å². The zero-order chi connectivity index (χ0) is 19.0. The number of hydrogen-bond donors (Lipinski definition) is 2. The van der Waals surface area contributed by atoms with Gasteiger partial charge in [-0.3, -0.25) is 9.59 Å². The summed E-state index contributed by atoms with van der Waals surface area (Å²) in [5.41, 5.74) is 0. The lowest BCUT2D eigenvalue weighted by atomic mass is 10.3. The second-order valence-corrected chi connectivity index (χ2v) is 7.64. The maximum Gasteiger partial charge on any atom is 0.307 e. The van der Waals surface area contributed by atoms with Crippen LogP contribution in [0.5, 0.6) is 0 Å². The molecule has 0 saturated heterocycles. The van der Waals surface area contributed by atoms with Crippen LogP contribution >= 0.6 is 23.2 Å². The zero-order valence-electron chi connectivity index (χ0n) is 13.8. The first kappa shape index (κ1) is 21.7. The van der Waals surface area contributed by atoms with Crippen LogP contribution in [0.15, 0.2) is 23.1 Å². The molecule has 0 radical (unpaired) electrons. The Labute approximate surface area is 157 Å². The molecule has 140 valence electrons. The van der Waals surface area contributed by atoms with Gasteiger partial charge in [-0.1, -0.05) is 36.2 Å². The van der Waals surface area contributed by atoms with Gasteiger partial charge in [-0.2, -0.15) is 0 Å². The molecule has 1 rings (SSSR count). The Balaban J connectivity index is 2.53. The Morgan fingerprint density at radius 1 is 1.20 bits per heavy atom. The maximum absolute atomic E-state index is 12.2. The average molecular weight is 411 g/mol. The quantitative estimate of drug-likeness (QED) is 0.607. The summed E-state index contributed by atoms with van der Waals surface area (Å²) in [6.45, 7) is 3.61. The van der Waals surface area contributed by atoms with E-state index in [0.717, 1.165) is 6.42 Å². The number of amides is 1. The summed E-state index contributed by atoms with van der Waals surface area (Å²) in [5.74, 6) is -1.11. The van der Waals surface area contributed by atoms with Crippen LogP contribution in [0.2, 0.25) is 10.0 Å². The second kappa shape index (κ2) is 9.96. The number of benzene rings is 1. The number of nitrogens with one attached hydrogen (secondary N) is 2. The second-order valence-electron chi connectivity index (χ2n) is 5.12. The largest absolute Gasteiger partial charge is 0.453 e. The Morgan fingerprint density at radius 3 is 2.36 bits per heavy atom. The van der Waals surface area contributed by atoms with Gasteiger partial charge in [-0.25, -0.2) is 13.1 Å². The minimum atomic E-state index is -3.98. The highest BCUT2D eigenvalue weighted by Crippen LogP contribution is 2.28. The van der Waals surface area contributed by atoms with Gasteiger partial charge in [-0.15, -0.1) is 0 Å². The van der Waals surface area contributed by atoms with E-state index >= 15 is 0 Å². The van der Waals surface area contributed by atoms with Crippen molar-refractivity contribution in [3.63, 3.8) is 0 Å². The Kier molecular flexibility index (Phi) is 8.64. The summed E-state index contributed by atoms with van der Waals surface area (Å²) < 4.78 is 31.6. The normalized spacial score (nSPS) is 12.5. The molecule has 0 bridgehead atoms. The monoisotopic (exact) mass is 410 g/mol. The first-order valence-electron chi connectivity index (χ1n) is 7.60. The summed E-state index contributed by atoms with van der Waals surface area (Å²) in [6, 6.07) is 4.31. The van der Waals surface area contributed by atoms with Crippen molar-refractivity contribution in [1.82, 2.24) is 10.0 Å². The van der Waals surface area contributed by atoms with E-state index in [9.17, 15) is 18.0 Å². The minimum absolute atomic E-state index is 0.0243. The van der Waals surface area contributed by atoms with Gasteiger partial charge < -0.3 is 10.1 Å². The molecule has 0 aliphatic heterocycles. The molecule has 1 atom stereocenters. The first-order valence-corrected chi connectivity index (χ1v) is 9.83. The minimum Gasteiger partial charge on any atom is -0.453 e. The van der Waals surface area contributed by atoms with Gasteiger partial charge >= 0.3 is 5.97 Å². The summed E-state index contributed by atoms with van der Waals surface area (Å²) in [6.07, 6.45) is -0.431. The summed E-state index contributed by atoms with van der Waals surface area (Å²) >= 11 is 11.7. The van der Waals surface area contributed by atoms with Gasteiger partial charge in [0.1, 0.15) is 4.90 Å². The molecule has 1 unspecified atom stereocenters. The van der Waals surface area contributed by atoms with Crippen LogP contribution < -0.4 is 10.0 Å². The van der Waals surface area contributed by atoms with Crippen LogP contribution in [0, 0.1) is 0 Å². The van der Waals surface area contributed by atoms with Crippen molar-refractivity contribution in [3.05, 3.63) is 28.2 Å². The first-order chi connectivity index (χ1) is 11.7. The van der Waals surface area contributed by atoms with Crippen molar-refractivity contribution in [2.24, 2.45) is 0 Å². The van der Waals surface area contributed by atoms with Crippen LogP contribution in [0.3, 0.4) is 0 Å². The van der Waals surface area contributed by atoms with E-state index in [1.807, 2.05) is 6.92 Å². The lowest BCUT2D eigenvalue weighted by molar-refractivity contribution is -0.154. The predicted octanol–water partition coefficient (Wildman–Crippen LogP) is 2.12. The fourth-order valence-electron chi connectivity index (χ4n) is 1.80. The number of sulfonamides is 1. The molecule has 0 heterocycles. The van der Waals surface area contributed by atoms with Gasteiger partial charge in [0.15, 0.2) is 6.10 Å². The van der Waals surface area contributed by atoms with Crippen LogP contribution in [0.4, 0.5) is 0 Å². The molecule has 1 amide bonds. The van der Waals surface area contributed by atoms with Crippen molar-refractivity contribution >= 4 is 45.1 Å². The smallest absolute Gasteiger partial charge is 0.307 e. The molecule has 0 fully saturated rings. The van der Waals surface area contributed by atoms with Gasteiger partial charge in [-0.05, 0) is 25.5 Å². The van der Waals surface area contributed by atoms with E-state index in [2.05, 4.69) is 10.0 Å². The van der Waals surface area contributed by atoms with Crippen LogP contribution in [0.1, 0.15) is 26.7 Å². The van der Waals surface area contributed by atoms with Crippen molar-refractivity contribution in [3.8, 4) is 0 Å². The Bertz CT molecular complexity index is 704. The molecule has 2 N–H and O–H groups in total. The van der Waals surface area contributed by atoms with Gasteiger partial charge in [0.25, 0.3) is 5.91 Å².